The van der Waals surface area contributed by atoms with Crippen molar-refractivity contribution in [2.24, 2.45) is 5.41 Å². The molecule has 144 valence electrons. The Morgan fingerprint density at radius 2 is 2.04 bits per heavy atom. The highest BCUT2D eigenvalue weighted by Crippen LogP contribution is 2.40. The largest absolute Gasteiger partial charge is 0.344 e. The van der Waals surface area contributed by atoms with E-state index in [0.29, 0.717) is 11.5 Å². The van der Waals surface area contributed by atoms with Crippen LogP contribution in [-0.4, -0.2) is 25.8 Å². The van der Waals surface area contributed by atoms with Crippen LogP contribution < -0.4 is 5.32 Å². The molecule has 3 heterocycles. The summed E-state index contributed by atoms with van der Waals surface area (Å²) in [5.74, 6) is 0.534. The van der Waals surface area contributed by atoms with Crippen molar-refractivity contribution in [1.29, 1.82) is 0 Å². The summed E-state index contributed by atoms with van der Waals surface area (Å²) in [6.07, 6.45) is 8.44. The zero-order chi connectivity index (χ0) is 19.9. The summed E-state index contributed by atoms with van der Waals surface area (Å²) >= 11 is 1.53. The minimum absolute atomic E-state index is 0.0280. The number of carbonyl (C=O) groups is 1. The number of nitrogens with one attached hydrogen (secondary N) is 1. The standard InChI is InChI=1S/C21H23N5OS/c1-12-7-18(28-13(12)2)20(27)26-16-9-21(3,4)8-15-14(16)10-24-19(25-15)17-11-22-5-6-23-17/h5-7,10-11,16H,8-9H2,1-4H3,(H,26,27)/t16-/m0/s1. The second-order valence-electron chi connectivity index (χ2n) is 8.11. The molecule has 1 aliphatic rings. The first-order valence-corrected chi connectivity index (χ1v) is 10.1. The second-order valence-corrected chi connectivity index (χ2v) is 9.36. The molecule has 0 aliphatic heterocycles. The molecule has 1 atom stereocenters. The van der Waals surface area contributed by atoms with Gasteiger partial charge in [0.15, 0.2) is 5.82 Å². The number of aryl methyl sites for hydroxylation is 2. The molecule has 0 spiro atoms. The fraction of sp³-hybridized carbons (Fsp3) is 0.381. The van der Waals surface area contributed by atoms with Gasteiger partial charge in [-0.15, -0.1) is 11.3 Å². The van der Waals surface area contributed by atoms with E-state index in [0.717, 1.165) is 34.5 Å². The molecule has 0 bridgehead atoms. The lowest BCUT2D eigenvalue weighted by atomic mass is 9.74. The minimum atomic E-state index is -0.107. The molecule has 1 aliphatic carbocycles. The lowest BCUT2D eigenvalue weighted by molar-refractivity contribution is 0.0923. The average Bonchev–Trinajstić information content (AvgIpc) is 3.00. The first-order chi connectivity index (χ1) is 13.3. The van der Waals surface area contributed by atoms with E-state index in [-0.39, 0.29) is 17.4 Å². The lowest BCUT2D eigenvalue weighted by Gasteiger charge is -2.36. The van der Waals surface area contributed by atoms with Gasteiger partial charge in [-0.3, -0.25) is 9.78 Å². The molecule has 0 unspecified atom stereocenters. The Morgan fingerprint density at radius 1 is 1.21 bits per heavy atom. The summed E-state index contributed by atoms with van der Waals surface area (Å²) in [5, 5.41) is 3.21. The molecule has 0 aromatic carbocycles. The fourth-order valence-corrected chi connectivity index (χ4v) is 4.57. The molecule has 0 fully saturated rings. The first kappa shape index (κ1) is 18.7. The third kappa shape index (κ3) is 3.67. The molecule has 7 heteroatoms. The molecule has 0 radical (unpaired) electrons. The Bertz CT molecular complexity index is 1010. The van der Waals surface area contributed by atoms with Gasteiger partial charge in [-0.05, 0) is 43.7 Å². The molecule has 1 amide bonds. The second kappa shape index (κ2) is 7.05. The monoisotopic (exact) mass is 393 g/mol. The van der Waals surface area contributed by atoms with E-state index in [4.69, 9.17) is 4.98 Å². The predicted octanol–water partition coefficient (Wildman–Crippen LogP) is 4.06. The number of hydrogen-bond acceptors (Lipinski definition) is 6. The van der Waals surface area contributed by atoms with Crippen molar-refractivity contribution in [2.75, 3.05) is 0 Å². The highest BCUT2D eigenvalue weighted by atomic mass is 32.1. The van der Waals surface area contributed by atoms with Gasteiger partial charge < -0.3 is 5.32 Å². The van der Waals surface area contributed by atoms with Crippen molar-refractivity contribution >= 4 is 17.2 Å². The van der Waals surface area contributed by atoms with Crippen molar-refractivity contribution in [1.82, 2.24) is 25.3 Å². The third-order valence-corrected chi connectivity index (χ3v) is 6.32. The molecule has 4 rings (SSSR count). The van der Waals surface area contributed by atoms with Crippen LogP contribution in [0, 0.1) is 19.3 Å². The maximum Gasteiger partial charge on any atom is 0.261 e. The first-order valence-electron chi connectivity index (χ1n) is 9.32. The van der Waals surface area contributed by atoms with Gasteiger partial charge in [-0.25, -0.2) is 15.0 Å². The van der Waals surface area contributed by atoms with Gasteiger partial charge in [-0.2, -0.15) is 0 Å². The minimum Gasteiger partial charge on any atom is -0.344 e. The van der Waals surface area contributed by atoms with E-state index < -0.39 is 0 Å². The van der Waals surface area contributed by atoms with E-state index in [2.05, 4.69) is 34.1 Å². The van der Waals surface area contributed by atoms with Crippen LogP contribution in [0.4, 0.5) is 0 Å². The van der Waals surface area contributed by atoms with Crippen LogP contribution >= 0.6 is 11.3 Å². The molecule has 1 N–H and O–H groups in total. The van der Waals surface area contributed by atoms with Crippen LogP contribution in [0.2, 0.25) is 0 Å². The quantitative estimate of drug-likeness (QED) is 0.726. The van der Waals surface area contributed by atoms with E-state index in [1.54, 1.807) is 18.6 Å². The van der Waals surface area contributed by atoms with E-state index in [1.165, 1.54) is 16.2 Å². The molecule has 0 saturated heterocycles. The number of amides is 1. The number of fused-ring (bicyclic) bond motifs is 1. The smallest absolute Gasteiger partial charge is 0.261 e. The van der Waals surface area contributed by atoms with Crippen LogP contribution in [-0.2, 0) is 6.42 Å². The molecule has 3 aromatic rings. The van der Waals surface area contributed by atoms with Gasteiger partial charge in [0, 0.05) is 29.0 Å². The van der Waals surface area contributed by atoms with E-state index >= 15 is 0 Å². The van der Waals surface area contributed by atoms with Crippen LogP contribution in [0.15, 0.2) is 30.9 Å². The summed E-state index contributed by atoms with van der Waals surface area (Å²) in [7, 11) is 0. The van der Waals surface area contributed by atoms with Crippen LogP contribution in [0.25, 0.3) is 11.5 Å². The SMILES string of the molecule is Cc1cc(C(=O)N[C@H]2CC(C)(C)Cc3nc(-c4cnccn4)ncc32)sc1C. The van der Waals surface area contributed by atoms with Crippen LogP contribution in [0.5, 0.6) is 0 Å². The molecular weight excluding hydrogens is 370 g/mol. The Balaban J connectivity index is 1.65. The van der Waals surface area contributed by atoms with Crippen molar-refractivity contribution < 1.29 is 4.79 Å². The zero-order valence-corrected chi connectivity index (χ0v) is 17.3. The predicted molar refractivity (Wildman–Crippen MR) is 109 cm³/mol. The normalized spacial score (nSPS) is 17.8. The van der Waals surface area contributed by atoms with Crippen LogP contribution in [0.1, 0.15) is 57.7 Å². The topological polar surface area (TPSA) is 80.7 Å². The molecule has 6 nitrogen and oxygen atoms in total. The van der Waals surface area contributed by atoms with E-state index in [1.807, 2.05) is 26.1 Å². The number of nitrogens with zero attached hydrogens (tertiary/aromatic N) is 4. The van der Waals surface area contributed by atoms with E-state index in [9.17, 15) is 4.79 Å². The maximum atomic E-state index is 12.8. The van der Waals surface area contributed by atoms with Crippen molar-refractivity contribution in [3.05, 3.63) is 57.4 Å². The number of aromatic nitrogens is 4. The maximum absolute atomic E-state index is 12.8. The fourth-order valence-electron chi connectivity index (χ4n) is 3.63. The van der Waals surface area contributed by atoms with Gasteiger partial charge in [0.1, 0.15) is 5.69 Å². The Morgan fingerprint density at radius 3 is 2.71 bits per heavy atom. The Kier molecular flexibility index (Phi) is 4.71. The number of carbonyl (C=O) groups excluding carboxylic acids is 1. The summed E-state index contributed by atoms with van der Waals surface area (Å²) in [6.45, 7) is 8.48. The lowest BCUT2D eigenvalue weighted by Crippen LogP contribution is -2.37. The van der Waals surface area contributed by atoms with Gasteiger partial charge in [0.05, 0.1) is 22.8 Å². The molecule has 3 aromatic heterocycles. The summed E-state index contributed by atoms with van der Waals surface area (Å²) < 4.78 is 0. The van der Waals surface area contributed by atoms with Crippen LogP contribution in [0.3, 0.4) is 0 Å². The van der Waals surface area contributed by atoms with Gasteiger partial charge >= 0.3 is 0 Å². The zero-order valence-electron chi connectivity index (χ0n) is 16.5. The van der Waals surface area contributed by atoms with Gasteiger partial charge in [0.2, 0.25) is 0 Å². The van der Waals surface area contributed by atoms with Gasteiger partial charge in [0.25, 0.3) is 5.91 Å². The summed E-state index contributed by atoms with van der Waals surface area (Å²) in [5.41, 5.74) is 3.79. The Labute approximate surface area is 168 Å². The number of rotatable bonds is 3. The Hall–Kier alpha value is -2.67. The number of hydrogen-bond donors (Lipinski definition) is 1. The highest BCUT2D eigenvalue weighted by Gasteiger charge is 2.35. The summed E-state index contributed by atoms with van der Waals surface area (Å²) in [4.78, 5) is 32.4. The molecule has 28 heavy (non-hydrogen) atoms. The molecular formula is C21H23N5OS. The van der Waals surface area contributed by atoms with Crippen molar-refractivity contribution in [3.63, 3.8) is 0 Å². The highest BCUT2D eigenvalue weighted by molar-refractivity contribution is 7.14. The van der Waals surface area contributed by atoms with Gasteiger partial charge in [-0.1, -0.05) is 13.8 Å². The third-order valence-electron chi connectivity index (χ3n) is 5.17. The average molecular weight is 394 g/mol. The molecule has 0 saturated carbocycles. The van der Waals surface area contributed by atoms with Crippen molar-refractivity contribution in [2.45, 2.75) is 46.6 Å². The number of thiophene rings is 1. The summed E-state index contributed by atoms with van der Waals surface area (Å²) in [6, 6.07) is 1.85. The van der Waals surface area contributed by atoms with Crippen molar-refractivity contribution in [3.8, 4) is 11.5 Å².